The molecule has 0 bridgehead atoms. The molecule has 0 amide bonds. The molecule has 1 aromatic heterocycles. The Morgan fingerprint density at radius 3 is 2.44 bits per heavy atom. The number of aliphatic hydroxyl groups excluding tert-OH is 1. The van der Waals surface area contributed by atoms with Crippen molar-refractivity contribution in [1.29, 1.82) is 0 Å². The number of nitrogens with zero attached hydrogens (tertiary/aromatic N) is 2. The van der Waals surface area contributed by atoms with Crippen molar-refractivity contribution in [2.45, 2.75) is 58.6 Å². The molecule has 1 aliphatic carbocycles. The molecule has 0 spiro atoms. The summed E-state index contributed by atoms with van der Waals surface area (Å²) < 4.78 is 2.04. The number of hydrogen-bond acceptors (Lipinski definition) is 2. The molecule has 0 radical (unpaired) electrons. The summed E-state index contributed by atoms with van der Waals surface area (Å²) in [5, 5.41) is 14.2. The van der Waals surface area contributed by atoms with Crippen molar-refractivity contribution in [1.82, 2.24) is 9.78 Å². The molecule has 3 heteroatoms. The van der Waals surface area contributed by atoms with E-state index < -0.39 is 0 Å². The molecule has 2 rings (SSSR count). The molecule has 1 heterocycles. The van der Waals surface area contributed by atoms with Crippen molar-refractivity contribution in [2.24, 2.45) is 5.92 Å². The lowest BCUT2D eigenvalue weighted by molar-refractivity contribution is 0.0115. The third kappa shape index (κ3) is 1.77. The number of rotatable bonds is 1. The van der Waals surface area contributed by atoms with Gasteiger partial charge in [0.15, 0.2) is 0 Å². The smallest absolute Gasteiger partial charge is 0.0628 e. The highest BCUT2D eigenvalue weighted by molar-refractivity contribution is 5.25. The summed E-state index contributed by atoms with van der Waals surface area (Å²) >= 11 is 0. The first-order valence-electron chi connectivity index (χ1n) is 6.05. The van der Waals surface area contributed by atoms with E-state index in [1.54, 1.807) is 0 Å². The zero-order valence-corrected chi connectivity index (χ0v) is 10.9. The molecule has 90 valence electrons. The number of aliphatic hydroxyl groups is 1. The fourth-order valence-corrected chi connectivity index (χ4v) is 2.35. The summed E-state index contributed by atoms with van der Waals surface area (Å²) in [5.41, 5.74) is 2.46. The third-order valence-electron chi connectivity index (χ3n) is 3.76. The molecule has 1 aromatic rings. The normalized spacial score (nSPS) is 30.2. The van der Waals surface area contributed by atoms with Crippen molar-refractivity contribution in [2.75, 3.05) is 0 Å². The molecule has 0 saturated heterocycles. The Morgan fingerprint density at radius 2 is 2.06 bits per heavy atom. The maximum atomic E-state index is 9.58. The summed E-state index contributed by atoms with van der Waals surface area (Å²) in [5.74, 6) is 0.863. The molecule has 0 aromatic carbocycles. The van der Waals surface area contributed by atoms with E-state index in [4.69, 9.17) is 0 Å². The molecular formula is C13H22N2O. The topological polar surface area (TPSA) is 38.0 Å². The van der Waals surface area contributed by atoms with Gasteiger partial charge in [-0.3, -0.25) is 4.68 Å². The Balaban J connectivity index is 2.27. The van der Waals surface area contributed by atoms with Crippen molar-refractivity contribution in [3.05, 3.63) is 17.5 Å². The zero-order chi connectivity index (χ0) is 12.1. The lowest BCUT2D eigenvalue weighted by Gasteiger charge is -2.39. The van der Waals surface area contributed by atoms with Crippen LogP contribution in [-0.2, 0) is 5.54 Å². The Morgan fingerprint density at radius 1 is 1.44 bits per heavy atom. The average Bonchev–Trinajstić information content (AvgIpc) is 2.55. The number of hydrogen-bond donors (Lipinski definition) is 1. The van der Waals surface area contributed by atoms with Crippen LogP contribution in [0.2, 0.25) is 0 Å². The molecule has 3 nitrogen and oxygen atoms in total. The van der Waals surface area contributed by atoms with Gasteiger partial charge in [-0.25, -0.2) is 0 Å². The van der Waals surface area contributed by atoms with Gasteiger partial charge in [0.1, 0.15) is 0 Å². The Labute approximate surface area is 97.5 Å². The van der Waals surface area contributed by atoms with E-state index in [9.17, 15) is 5.11 Å². The van der Waals surface area contributed by atoms with Gasteiger partial charge in [0, 0.05) is 6.20 Å². The molecule has 16 heavy (non-hydrogen) atoms. The first-order valence-corrected chi connectivity index (χ1v) is 6.05. The second-order valence-electron chi connectivity index (χ2n) is 6.05. The zero-order valence-electron chi connectivity index (χ0n) is 10.9. The van der Waals surface area contributed by atoms with Gasteiger partial charge in [-0.15, -0.1) is 0 Å². The van der Waals surface area contributed by atoms with Crippen molar-refractivity contribution in [3.8, 4) is 0 Å². The molecule has 3 unspecified atom stereocenters. The van der Waals surface area contributed by atoms with E-state index in [-0.39, 0.29) is 11.6 Å². The minimum absolute atomic E-state index is 0.0363. The van der Waals surface area contributed by atoms with Gasteiger partial charge in [0.2, 0.25) is 0 Å². The van der Waals surface area contributed by atoms with Gasteiger partial charge < -0.3 is 5.11 Å². The van der Waals surface area contributed by atoms with Crippen molar-refractivity contribution in [3.63, 3.8) is 0 Å². The van der Waals surface area contributed by atoms with Gasteiger partial charge in [0.25, 0.3) is 0 Å². The van der Waals surface area contributed by atoms with Crippen LogP contribution in [0.4, 0.5) is 0 Å². The highest BCUT2D eigenvalue weighted by Gasteiger charge is 2.39. The van der Waals surface area contributed by atoms with Gasteiger partial charge in [-0.05, 0) is 51.5 Å². The molecule has 1 fully saturated rings. The predicted octanol–water partition coefficient (Wildman–Crippen LogP) is 2.43. The van der Waals surface area contributed by atoms with Gasteiger partial charge in [0.05, 0.1) is 17.3 Å². The Kier molecular flexibility index (Phi) is 2.61. The van der Waals surface area contributed by atoms with Crippen LogP contribution >= 0.6 is 0 Å². The molecule has 1 aliphatic rings. The maximum absolute atomic E-state index is 9.58. The Hall–Kier alpha value is -0.830. The maximum Gasteiger partial charge on any atom is 0.0628 e. The van der Waals surface area contributed by atoms with Crippen LogP contribution in [0.1, 0.15) is 51.3 Å². The van der Waals surface area contributed by atoms with E-state index >= 15 is 0 Å². The first kappa shape index (κ1) is 11.6. The van der Waals surface area contributed by atoms with Gasteiger partial charge in [-0.2, -0.15) is 5.10 Å². The average molecular weight is 222 g/mol. The Bertz CT molecular complexity index is 389. The third-order valence-corrected chi connectivity index (χ3v) is 3.76. The van der Waals surface area contributed by atoms with Crippen molar-refractivity contribution >= 4 is 0 Å². The second-order valence-corrected chi connectivity index (χ2v) is 6.05. The molecule has 3 atom stereocenters. The summed E-state index contributed by atoms with van der Waals surface area (Å²) in [7, 11) is 0. The van der Waals surface area contributed by atoms with Crippen LogP contribution in [0.25, 0.3) is 0 Å². The second kappa shape index (κ2) is 3.59. The van der Waals surface area contributed by atoms with E-state index in [1.165, 1.54) is 5.56 Å². The summed E-state index contributed by atoms with van der Waals surface area (Å²) in [6.07, 6.45) is 2.92. The largest absolute Gasteiger partial charge is 0.393 e. The fourth-order valence-electron chi connectivity index (χ4n) is 2.35. The van der Waals surface area contributed by atoms with Gasteiger partial charge in [-0.1, -0.05) is 6.92 Å². The summed E-state index contributed by atoms with van der Waals surface area (Å²) in [6.45, 7) is 10.6. The first-order chi connectivity index (χ1) is 7.30. The minimum Gasteiger partial charge on any atom is -0.393 e. The van der Waals surface area contributed by atoms with Crippen LogP contribution in [0.15, 0.2) is 6.20 Å². The standard InChI is InChI=1S/C13H22N2O/c1-8-10(6-12(8)16)11-7-15(13(3,4)5)14-9(11)2/h7-8,10,12,16H,6H2,1-5H3. The lowest BCUT2D eigenvalue weighted by Crippen LogP contribution is -2.37. The monoisotopic (exact) mass is 222 g/mol. The lowest BCUT2D eigenvalue weighted by atomic mass is 9.69. The quantitative estimate of drug-likeness (QED) is 0.792. The fraction of sp³-hybridized carbons (Fsp3) is 0.769. The predicted molar refractivity (Wildman–Crippen MR) is 64.5 cm³/mol. The summed E-state index contributed by atoms with van der Waals surface area (Å²) in [4.78, 5) is 0. The number of aromatic nitrogens is 2. The molecular weight excluding hydrogens is 200 g/mol. The number of aryl methyl sites for hydroxylation is 1. The van der Waals surface area contributed by atoms with Crippen LogP contribution in [0.3, 0.4) is 0 Å². The van der Waals surface area contributed by atoms with Crippen LogP contribution in [0, 0.1) is 12.8 Å². The van der Waals surface area contributed by atoms with Crippen LogP contribution < -0.4 is 0 Å². The van der Waals surface area contributed by atoms with E-state index in [1.807, 2.05) is 4.68 Å². The highest BCUT2D eigenvalue weighted by Crippen LogP contribution is 2.43. The van der Waals surface area contributed by atoms with E-state index in [0.29, 0.717) is 11.8 Å². The highest BCUT2D eigenvalue weighted by atomic mass is 16.3. The van der Waals surface area contributed by atoms with E-state index in [0.717, 1.165) is 12.1 Å². The van der Waals surface area contributed by atoms with Crippen LogP contribution in [0.5, 0.6) is 0 Å². The summed E-state index contributed by atoms with van der Waals surface area (Å²) in [6, 6.07) is 0. The van der Waals surface area contributed by atoms with Crippen LogP contribution in [-0.4, -0.2) is 21.0 Å². The molecule has 1 N–H and O–H groups in total. The molecule has 1 saturated carbocycles. The van der Waals surface area contributed by atoms with Gasteiger partial charge >= 0.3 is 0 Å². The van der Waals surface area contributed by atoms with Crippen molar-refractivity contribution < 1.29 is 5.11 Å². The minimum atomic E-state index is -0.123. The molecule has 0 aliphatic heterocycles. The van der Waals surface area contributed by atoms with E-state index in [2.05, 4.69) is 45.9 Å². The SMILES string of the molecule is Cc1nn(C(C)(C)C)cc1C1CC(O)C1C.